The van der Waals surface area contributed by atoms with Crippen LogP contribution < -0.4 is 5.32 Å². The lowest BCUT2D eigenvalue weighted by Crippen LogP contribution is -2.40. The van der Waals surface area contributed by atoms with Crippen LogP contribution >= 0.6 is 11.8 Å². The smallest absolute Gasteiger partial charge is 0.309 e. The fourth-order valence-electron chi connectivity index (χ4n) is 1.72. The fraction of sp³-hybridized carbons (Fsp3) is 0.833. The molecule has 2 N–H and O–H groups in total. The van der Waals surface area contributed by atoms with Gasteiger partial charge in [-0.2, -0.15) is 11.8 Å². The van der Waals surface area contributed by atoms with E-state index >= 15 is 0 Å². The summed E-state index contributed by atoms with van der Waals surface area (Å²) in [5, 5.41) is 11.7. The quantitative estimate of drug-likeness (QED) is 0.744. The van der Waals surface area contributed by atoms with Crippen LogP contribution in [0.25, 0.3) is 0 Å². The third-order valence-electron chi connectivity index (χ3n) is 3.04. The molecule has 0 aliphatic carbocycles. The number of rotatable bonds is 6. The Bertz CT molecular complexity index is 302. The van der Waals surface area contributed by atoms with E-state index in [0.717, 1.165) is 31.1 Å². The second-order valence-electron chi connectivity index (χ2n) is 5.17. The van der Waals surface area contributed by atoms with Crippen molar-refractivity contribution >= 4 is 23.6 Å². The standard InChI is InChI=1S/C12H22N2O3S/c1-12(2,11(16)17)9-10(15)13-3-4-14-5-7-18-8-6-14/h3-9H2,1-2H3,(H,13,15)(H,16,17). The second-order valence-corrected chi connectivity index (χ2v) is 6.39. The first-order valence-corrected chi connectivity index (χ1v) is 7.37. The van der Waals surface area contributed by atoms with Gasteiger partial charge in [0.25, 0.3) is 0 Å². The van der Waals surface area contributed by atoms with E-state index in [0.29, 0.717) is 6.54 Å². The zero-order valence-electron chi connectivity index (χ0n) is 11.1. The lowest BCUT2D eigenvalue weighted by atomic mass is 9.89. The van der Waals surface area contributed by atoms with Crippen LogP contribution in [-0.4, -0.2) is 59.6 Å². The maximum Gasteiger partial charge on any atom is 0.309 e. The average molecular weight is 274 g/mol. The highest BCUT2D eigenvalue weighted by atomic mass is 32.2. The van der Waals surface area contributed by atoms with Gasteiger partial charge in [0.15, 0.2) is 0 Å². The summed E-state index contributed by atoms with van der Waals surface area (Å²) >= 11 is 1.96. The van der Waals surface area contributed by atoms with Crippen molar-refractivity contribution in [2.45, 2.75) is 20.3 Å². The van der Waals surface area contributed by atoms with Crippen molar-refractivity contribution < 1.29 is 14.7 Å². The Kier molecular flexibility index (Phi) is 5.95. The first kappa shape index (κ1) is 15.3. The maximum atomic E-state index is 11.6. The van der Waals surface area contributed by atoms with E-state index in [9.17, 15) is 9.59 Å². The van der Waals surface area contributed by atoms with Gasteiger partial charge >= 0.3 is 5.97 Å². The highest BCUT2D eigenvalue weighted by Gasteiger charge is 2.29. The van der Waals surface area contributed by atoms with E-state index in [4.69, 9.17) is 5.11 Å². The van der Waals surface area contributed by atoms with E-state index in [1.807, 2.05) is 11.8 Å². The lowest BCUT2D eigenvalue weighted by Gasteiger charge is -2.26. The van der Waals surface area contributed by atoms with Crippen molar-refractivity contribution in [1.29, 1.82) is 0 Å². The Balaban J connectivity index is 2.18. The van der Waals surface area contributed by atoms with Gasteiger partial charge in [-0.3, -0.25) is 14.5 Å². The molecule has 0 aromatic rings. The number of nitrogens with one attached hydrogen (secondary N) is 1. The molecule has 6 heteroatoms. The normalized spacial score (nSPS) is 17.4. The van der Waals surface area contributed by atoms with E-state index in [1.54, 1.807) is 13.8 Å². The van der Waals surface area contributed by atoms with Crippen LogP contribution in [0.1, 0.15) is 20.3 Å². The van der Waals surface area contributed by atoms with Crippen molar-refractivity contribution in [3.63, 3.8) is 0 Å². The molecule has 1 saturated heterocycles. The molecule has 0 saturated carbocycles. The summed E-state index contributed by atoms with van der Waals surface area (Å²) in [4.78, 5) is 24.8. The number of carbonyl (C=O) groups excluding carboxylic acids is 1. The molecular formula is C12H22N2O3S. The number of amides is 1. The number of hydrogen-bond donors (Lipinski definition) is 2. The first-order chi connectivity index (χ1) is 8.42. The van der Waals surface area contributed by atoms with Gasteiger partial charge in [0.1, 0.15) is 0 Å². The summed E-state index contributed by atoms with van der Waals surface area (Å²) in [6.45, 7) is 6.72. The fourth-order valence-corrected chi connectivity index (χ4v) is 2.70. The Morgan fingerprint density at radius 1 is 1.33 bits per heavy atom. The maximum absolute atomic E-state index is 11.6. The van der Waals surface area contributed by atoms with Crippen molar-refractivity contribution in [2.75, 3.05) is 37.7 Å². The van der Waals surface area contributed by atoms with Crippen LogP contribution in [0.3, 0.4) is 0 Å². The molecule has 1 rings (SSSR count). The molecule has 0 aromatic heterocycles. The molecule has 0 aromatic carbocycles. The van der Waals surface area contributed by atoms with E-state index < -0.39 is 11.4 Å². The van der Waals surface area contributed by atoms with Crippen molar-refractivity contribution in [3.8, 4) is 0 Å². The van der Waals surface area contributed by atoms with Gasteiger partial charge in [-0.15, -0.1) is 0 Å². The molecule has 0 radical (unpaired) electrons. The minimum absolute atomic E-state index is 0.0260. The van der Waals surface area contributed by atoms with Crippen LogP contribution in [0.5, 0.6) is 0 Å². The zero-order chi connectivity index (χ0) is 13.6. The molecule has 1 aliphatic rings. The summed E-state index contributed by atoms with van der Waals surface area (Å²) in [5.74, 6) is 1.18. The highest BCUT2D eigenvalue weighted by Crippen LogP contribution is 2.19. The van der Waals surface area contributed by atoms with Gasteiger partial charge in [0.05, 0.1) is 5.41 Å². The summed E-state index contributed by atoms with van der Waals surface area (Å²) < 4.78 is 0. The van der Waals surface area contributed by atoms with E-state index in [1.165, 1.54) is 0 Å². The minimum atomic E-state index is -0.994. The van der Waals surface area contributed by atoms with Crippen LogP contribution in [0.15, 0.2) is 0 Å². The molecule has 0 spiro atoms. The lowest BCUT2D eigenvalue weighted by molar-refractivity contribution is -0.149. The largest absolute Gasteiger partial charge is 0.481 e. The predicted octanol–water partition coefficient (Wildman–Crippen LogP) is 0.652. The van der Waals surface area contributed by atoms with Gasteiger partial charge < -0.3 is 10.4 Å². The molecular weight excluding hydrogens is 252 g/mol. The van der Waals surface area contributed by atoms with Crippen LogP contribution in [-0.2, 0) is 9.59 Å². The van der Waals surface area contributed by atoms with Crippen molar-refractivity contribution in [2.24, 2.45) is 5.41 Å². The highest BCUT2D eigenvalue weighted by molar-refractivity contribution is 7.99. The number of thioether (sulfide) groups is 1. The molecule has 0 bridgehead atoms. The van der Waals surface area contributed by atoms with Crippen LogP contribution in [0.4, 0.5) is 0 Å². The average Bonchev–Trinajstić information content (AvgIpc) is 2.29. The predicted molar refractivity (Wildman–Crippen MR) is 72.8 cm³/mol. The molecule has 1 heterocycles. The summed E-state index contributed by atoms with van der Waals surface area (Å²) in [7, 11) is 0. The van der Waals surface area contributed by atoms with Crippen molar-refractivity contribution in [1.82, 2.24) is 10.2 Å². The Morgan fingerprint density at radius 2 is 1.94 bits per heavy atom. The summed E-state index contributed by atoms with van der Waals surface area (Å²) in [5.41, 5.74) is -0.994. The molecule has 0 unspecified atom stereocenters. The Morgan fingerprint density at radius 3 is 2.50 bits per heavy atom. The Labute approximate surface area is 112 Å². The number of hydrogen-bond acceptors (Lipinski definition) is 4. The third-order valence-corrected chi connectivity index (χ3v) is 3.98. The summed E-state index contributed by atoms with van der Waals surface area (Å²) in [6, 6.07) is 0. The molecule has 1 fully saturated rings. The number of carbonyl (C=O) groups is 2. The molecule has 5 nitrogen and oxygen atoms in total. The first-order valence-electron chi connectivity index (χ1n) is 6.22. The third kappa shape index (κ3) is 5.27. The van der Waals surface area contributed by atoms with E-state index in [2.05, 4.69) is 10.2 Å². The molecule has 1 aliphatic heterocycles. The minimum Gasteiger partial charge on any atom is -0.481 e. The SMILES string of the molecule is CC(C)(CC(=O)NCCN1CCSCC1)C(=O)O. The van der Waals surface area contributed by atoms with Gasteiger partial charge in [0, 0.05) is 44.1 Å². The van der Waals surface area contributed by atoms with Gasteiger partial charge in [-0.05, 0) is 13.8 Å². The van der Waals surface area contributed by atoms with Crippen LogP contribution in [0, 0.1) is 5.41 Å². The number of carboxylic acids is 1. The second kappa shape index (κ2) is 6.99. The van der Waals surface area contributed by atoms with Crippen LogP contribution in [0.2, 0.25) is 0 Å². The molecule has 0 atom stereocenters. The van der Waals surface area contributed by atoms with Crippen molar-refractivity contribution in [3.05, 3.63) is 0 Å². The number of aliphatic carboxylic acids is 1. The van der Waals surface area contributed by atoms with Gasteiger partial charge in [-0.25, -0.2) is 0 Å². The molecule has 18 heavy (non-hydrogen) atoms. The van der Waals surface area contributed by atoms with Gasteiger partial charge in [0.2, 0.25) is 5.91 Å². The summed E-state index contributed by atoms with van der Waals surface area (Å²) in [6.07, 6.45) is 0.0260. The topological polar surface area (TPSA) is 69.6 Å². The zero-order valence-corrected chi connectivity index (χ0v) is 11.9. The monoisotopic (exact) mass is 274 g/mol. The van der Waals surface area contributed by atoms with E-state index in [-0.39, 0.29) is 12.3 Å². The Hall–Kier alpha value is -0.750. The molecule has 104 valence electrons. The number of nitrogens with zero attached hydrogens (tertiary/aromatic N) is 1. The number of carboxylic acid groups (broad SMARTS) is 1. The molecule has 1 amide bonds. The van der Waals surface area contributed by atoms with Gasteiger partial charge in [-0.1, -0.05) is 0 Å².